The third kappa shape index (κ3) is 6.01. The molecule has 0 heterocycles. The Hall–Kier alpha value is 0.424. The molecule has 0 saturated heterocycles. The molecule has 0 aliphatic rings. The van der Waals surface area contributed by atoms with Gasteiger partial charge in [0.1, 0.15) is 0 Å². The third-order valence-corrected chi connectivity index (χ3v) is 7.33. The van der Waals surface area contributed by atoms with Gasteiger partial charge >= 0.3 is 0 Å². The highest BCUT2D eigenvalue weighted by atomic mass is 35.5. The standard InChI is InChI=1S/C10H23ClOSi2/c1-13(2,3)8-7-9(12)10(11)14(4,5)6/h7-10,12H,1-6H3/b8-7+/t9-,10+/m0/s1. The predicted molar refractivity (Wildman–Crippen MR) is 71.5 cm³/mol. The van der Waals surface area contributed by atoms with Crippen LogP contribution in [0.1, 0.15) is 0 Å². The Morgan fingerprint density at radius 1 is 1.07 bits per heavy atom. The third-order valence-electron chi connectivity index (χ3n) is 1.92. The molecule has 0 bridgehead atoms. The molecule has 84 valence electrons. The number of rotatable bonds is 4. The van der Waals surface area contributed by atoms with Crippen LogP contribution in [0.5, 0.6) is 0 Å². The van der Waals surface area contributed by atoms with E-state index in [1.54, 1.807) is 0 Å². The molecule has 0 aromatic heterocycles. The normalized spacial score (nSPS) is 18.6. The van der Waals surface area contributed by atoms with Crippen molar-refractivity contribution in [3.05, 3.63) is 11.8 Å². The van der Waals surface area contributed by atoms with Crippen molar-refractivity contribution in [1.82, 2.24) is 0 Å². The van der Waals surface area contributed by atoms with E-state index in [2.05, 4.69) is 45.0 Å². The van der Waals surface area contributed by atoms with Crippen LogP contribution in [0.15, 0.2) is 11.8 Å². The average molecular weight is 251 g/mol. The molecular weight excluding hydrogens is 228 g/mol. The van der Waals surface area contributed by atoms with Gasteiger partial charge in [-0.25, -0.2) is 0 Å². The molecule has 0 aromatic carbocycles. The maximum Gasteiger partial charge on any atom is 0.0854 e. The fourth-order valence-electron chi connectivity index (χ4n) is 0.997. The molecule has 2 atom stereocenters. The maximum atomic E-state index is 9.85. The SMILES string of the molecule is C[Si](C)(C)/C=C/[C@H](O)[C@H](Cl)[Si](C)(C)C. The smallest absolute Gasteiger partial charge is 0.0854 e. The van der Waals surface area contributed by atoms with Crippen molar-refractivity contribution in [3.63, 3.8) is 0 Å². The van der Waals surface area contributed by atoms with E-state index in [0.717, 1.165) is 0 Å². The summed E-state index contributed by atoms with van der Waals surface area (Å²) >= 11 is 6.21. The Kier molecular flexibility index (Phi) is 5.12. The number of aliphatic hydroxyl groups is 1. The van der Waals surface area contributed by atoms with Crippen molar-refractivity contribution in [3.8, 4) is 0 Å². The van der Waals surface area contributed by atoms with E-state index in [1.165, 1.54) is 0 Å². The minimum absolute atomic E-state index is 0.0879. The van der Waals surface area contributed by atoms with Crippen LogP contribution in [0, 0.1) is 0 Å². The highest BCUT2D eigenvalue weighted by Crippen LogP contribution is 2.19. The molecule has 14 heavy (non-hydrogen) atoms. The van der Waals surface area contributed by atoms with Crippen LogP contribution < -0.4 is 0 Å². The summed E-state index contributed by atoms with van der Waals surface area (Å²) in [6, 6.07) is 0. The number of halogens is 1. The monoisotopic (exact) mass is 250 g/mol. The van der Waals surface area contributed by atoms with E-state index in [9.17, 15) is 5.11 Å². The van der Waals surface area contributed by atoms with Crippen LogP contribution in [-0.4, -0.2) is 32.4 Å². The van der Waals surface area contributed by atoms with Crippen molar-refractivity contribution >= 4 is 27.7 Å². The lowest BCUT2D eigenvalue weighted by Gasteiger charge is -2.26. The summed E-state index contributed by atoms with van der Waals surface area (Å²) < 4.78 is 0. The molecule has 0 unspecified atom stereocenters. The lowest BCUT2D eigenvalue weighted by Crippen LogP contribution is -2.42. The lowest BCUT2D eigenvalue weighted by atomic mass is 10.4. The van der Waals surface area contributed by atoms with Crippen LogP contribution in [0.4, 0.5) is 0 Å². The van der Waals surface area contributed by atoms with Gasteiger partial charge in [0.2, 0.25) is 0 Å². The number of hydrogen-bond donors (Lipinski definition) is 1. The van der Waals surface area contributed by atoms with E-state index in [-0.39, 0.29) is 5.00 Å². The van der Waals surface area contributed by atoms with Gasteiger partial charge in [-0.3, -0.25) is 0 Å². The van der Waals surface area contributed by atoms with Crippen molar-refractivity contribution < 1.29 is 5.11 Å². The predicted octanol–water partition coefficient (Wildman–Crippen LogP) is 3.27. The summed E-state index contributed by atoms with van der Waals surface area (Å²) in [4.78, 5) is 0. The van der Waals surface area contributed by atoms with E-state index >= 15 is 0 Å². The van der Waals surface area contributed by atoms with Crippen molar-refractivity contribution in [2.45, 2.75) is 50.4 Å². The van der Waals surface area contributed by atoms with Crippen LogP contribution in [-0.2, 0) is 0 Å². The Bertz CT molecular complexity index is 203. The fourth-order valence-corrected chi connectivity index (χ4v) is 2.99. The summed E-state index contributed by atoms with van der Waals surface area (Å²) in [6.07, 6.45) is 1.41. The van der Waals surface area contributed by atoms with Gasteiger partial charge in [-0.2, -0.15) is 0 Å². The van der Waals surface area contributed by atoms with Crippen LogP contribution in [0.3, 0.4) is 0 Å². The fraction of sp³-hybridized carbons (Fsp3) is 0.800. The first-order valence-electron chi connectivity index (χ1n) is 5.05. The van der Waals surface area contributed by atoms with Gasteiger partial charge in [0.25, 0.3) is 0 Å². The van der Waals surface area contributed by atoms with Crippen LogP contribution >= 0.6 is 11.6 Å². The van der Waals surface area contributed by atoms with E-state index < -0.39 is 22.3 Å². The molecular formula is C10H23ClOSi2. The van der Waals surface area contributed by atoms with Crippen molar-refractivity contribution in [2.75, 3.05) is 0 Å². The van der Waals surface area contributed by atoms with Crippen LogP contribution in [0.2, 0.25) is 39.3 Å². The van der Waals surface area contributed by atoms with Gasteiger partial charge in [0, 0.05) is 0 Å². The topological polar surface area (TPSA) is 20.2 Å². The Morgan fingerprint density at radius 3 is 1.79 bits per heavy atom. The first-order valence-corrected chi connectivity index (χ1v) is 12.6. The van der Waals surface area contributed by atoms with Gasteiger partial charge in [-0.05, 0) is 0 Å². The second-order valence-electron chi connectivity index (χ2n) is 5.98. The molecule has 0 amide bonds. The summed E-state index contributed by atoms with van der Waals surface area (Å²) in [7, 11) is -2.65. The quantitative estimate of drug-likeness (QED) is 0.600. The lowest BCUT2D eigenvalue weighted by molar-refractivity contribution is 0.235. The zero-order chi connectivity index (χ0) is 11.6. The molecule has 0 spiro atoms. The molecule has 0 aliphatic carbocycles. The molecule has 4 heteroatoms. The van der Waals surface area contributed by atoms with Gasteiger partial charge in [0.05, 0.1) is 27.3 Å². The Morgan fingerprint density at radius 2 is 1.50 bits per heavy atom. The van der Waals surface area contributed by atoms with Gasteiger partial charge in [-0.15, -0.1) is 11.6 Å². The van der Waals surface area contributed by atoms with Crippen molar-refractivity contribution in [1.29, 1.82) is 0 Å². The molecule has 0 radical (unpaired) electrons. The largest absolute Gasteiger partial charge is 0.388 e. The van der Waals surface area contributed by atoms with Gasteiger partial charge in [-0.1, -0.05) is 51.1 Å². The Labute approximate surface area is 95.2 Å². The minimum Gasteiger partial charge on any atom is -0.388 e. The second kappa shape index (κ2) is 4.97. The zero-order valence-electron chi connectivity index (χ0n) is 10.1. The molecule has 0 aromatic rings. The number of hydrogen-bond acceptors (Lipinski definition) is 1. The Balaban J connectivity index is 4.36. The molecule has 0 rings (SSSR count). The zero-order valence-corrected chi connectivity index (χ0v) is 12.9. The van der Waals surface area contributed by atoms with E-state index in [1.807, 2.05) is 6.08 Å². The van der Waals surface area contributed by atoms with Crippen LogP contribution in [0.25, 0.3) is 0 Å². The number of aliphatic hydroxyl groups excluding tert-OH is 1. The summed E-state index contributed by atoms with van der Waals surface area (Å²) in [5.41, 5.74) is 2.16. The minimum atomic E-state index is -1.44. The maximum absolute atomic E-state index is 9.85. The van der Waals surface area contributed by atoms with Gasteiger partial charge in [0.15, 0.2) is 0 Å². The highest BCUT2D eigenvalue weighted by molar-refractivity contribution is 6.84. The van der Waals surface area contributed by atoms with Gasteiger partial charge < -0.3 is 5.11 Å². The second-order valence-corrected chi connectivity index (χ2v) is 17.2. The number of alkyl halides is 1. The average Bonchev–Trinajstić information content (AvgIpc) is 1.95. The molecule has 1 nitrogen and oxygen atoms in total. The van der Waals surface area contributed by atoms with E-state index in [0.29, 0.717) is 0 Å². The first kappa shape index (κ1) is 14.4. The summed E-state index contributed by atoms with van der Waals surface area (Å²) in [5.74, 6) is 0. The summed E-state index contributed by atoms with van der Waals surface area (Å²) in [6.45, 7) is 13.3. The summed E-state index contributed by atoms with van der Waals surface area (Å²) in [5, 5.41) is 9.77. The molecule has 0 aliphatic heterocycles. The highest BCUT2D eigenvalue weighted by Gasteiger charge is 2.29. The first-order chi connectivity index (χ1) is 6.04. The molecule has 0 fully saturated rings. The molecule has 1 N–H and O–H groups in total. The van der Waals surface area contributed by atoms with Crippen molar-refractivity contribution in [2.24, 2.45) is 0 Å². The molecule has 0 saturated carbocycles. The van der Waals surface area contributed by atoms with E-state index in [4.69, 9.17) is 11.6 Å².